The van der Waals surface area contributed by atoms with E-state index in [9.17, 15) is 24.5 Å². The van der Waals surface area contributed by atoms with E-state index >= 15 is 0 Å². The van der Waals surface area contributed by atoms with Crippen molar-refractivity contribution in [1.82, 2.24) is 4.90 Å². The Morgan fingerprint density at radius 3 is 2.44 bits per heavy atom. The first-order valence-electron chi connectivity index (χ1n) is 7.97. The van der Waals surface area contributed by atoms with Crippen LogP contribution in [-0.2, 0) is 14.4 Å². The third-order valence-electron chi connectivity index (χ3n) is 4.76. The quantitative estimate of drug-likeness (QED) is 0.490. The van der Waals surface area contributed by atoms with E-state index < -0.39 is 34.7 Å². The Kier molecular flexibility index (Phi) is 4.49. The minimum Gasteiger partial charge on any atom is -0.481 e. The van der Waals surface area contributed by atoms with Crippen LogP contribution in [0.2, 0.25) is 0 Å². The third-order valence-corrected chi connectivity index (χ3v) is 4.76. The van der Waals surface area contributed by atoms with E-state index in [0.29, 0.717) is 25.9 Å². The summed E-state index contributed by atoms with van der Waals surface area (Å²) in [5.74, 6) is -2.26. The molecule has 0 aromatic heterocycles. The molecule has 2 aliphatic rings. The van der Waals surface area contributed by atoms with E-state index in [0.717, 1.165) is 4.90 Å². The number of hydrogen-bond acceptors (Lipinski definition) is 6. The minimum absolute atomic E-state index is 0.0228. The van der Waals surface area contributed by atoms with Crippen LogP contribution in [0.1, 0.15) is 19.3 Å². The molecule has 0 aliphatic carbocycles. The van der Waals surface area contributed by atoms with E-state index in [4.69, 9.17) is 5.11 Å². The molecule has 0 radical (unpaired) electrons. The van der Waals surface area contributed by atoms with Crippen LogP contribution in [0.4, 0.5) is 11.4 Å². The van der Waals surface area contributed by atoms with E-state index in [1.165, 1.54) is 24.3 Å². The van der Waals surface area contributed by atoms with Gasteiger partial charge in [-0.2, -0.15) is 0 Å². The first kappa shape index (κ1) is 17.0. The number of nitro groups is 1. The van der Waals surface area contributed by atoms with Crippen molar-refractivity contribution in [1.29, 1.82) is 0 Å². The second-order valence-corrected chi connectivity index (χ2v) is 6.18. The van der Waals surface area contributed by atoms with Gasteiger partial charge in [0.05, 0.1) is 23.3 Å². The number of likely N-dealkylation sites (tertiary alicyclic amines) is 1. The van der Waals surface area contributed by atoms with E-state index in [-0.39, 0.29) is 17.8 Å². The highest BCUT2D eigenvalue weighted by molar-refractivity contribution is 6.23. The second kappa shape index (κ2) is 6.60. The Balaban J connectivity index is 1.80. The smallest absolute Gasteiger partial charge is 0.306 e. The number of carbonyl (C=O) groups excluding carboxylic acids is 2. The maximum Gasteiger partial charge on any atom is 0.306 e. The molecular formula is C16H17N3O6. The molecule has 1 aromatic carbocycles. The number of aliphatic carboxylic acids is 1. The summed E-state index contributed by atoms with van der Waals surface area (Å²) < 4.78 is 0. The van der Waals surface area contributed by atoms with Gasteiger partial charge in [-0.25, -0.2) is 4.90 Å². The molecule has 9 nitrogen and oxygen atoms in total. The molecule has 25 heavy (non-hydrogen) atoms. The van der Waals surface area contributed by atoms with Crippen molar-refractivity contribution in [2.24, 2.45) is 5.92 Å². The van der Waals surface area contributed by atoms with E-state index in [1.54, 1.807) is 4.90 Å². The third kappa shape index (κ3) is 3.10. The van der Waals surface area contributed by atoms with Gasteiger partial charge in [0.1, 0.15) is 5.69 Å². The number of piperidine rings is 1. The molecule has 2 aliphatic heterocycles. The molecule has 0 spiro atoms. The van der Waals surface area contributed by atoms with Gasteiger partial charge in [-0.1, -0.05) is 12.1 Å². The number of hydrogen-bond donors (Lipinski definition) is 1. The fourth-order valence-corrected chi connectivity index (χ4v) is 3.42. The van der Waals surface area contributed by atoms with Gasteiger partial charge in [0.15, 0.2) is 0 Å². The normalized spacial score (nSPS) is 22.4. The largest absolute Gasteiger partial charge is 0.481 e. The van der Waals surface area contributed by atoms with Crippen molar-refractivity contribution in [3.05, 3.63) is 34.4 Å². The van der Waals surface area contributed by atoms with Gasteiger partial charge in [0.25, 0.3) is 11.6 Å². The topological polar surface area (TPSA) is 121 Å². The fraction of sp³-hybridized carbons (Fsp3) is 0.438. The molecule has 0 bridgehead atoms. The lowest BCUT2D eigenvalue weighted by molar-refractivity contribution is -0.384. The van der Waals surface area contributed by atoms with Gasteiger partial charge in [-0.3, -0.25) is 29.4 Å². The number of benzene rings is 1. The first-order valence-corrected chi connectivity index (χ1v) is 7.97. The average Bonchev–Trinajstić information content (AvgIpc) is 2.89. The number of rotatable bonds is 4. The van der Waals surface area contributed by atoms with Crippen molar-refractivity contribution in [2.75, 3.05) is 18.0 Å². The molecule has 1 aromatic rings. The van der Waals surface area contributed by atoms with Crippen LogP contribution in [-0.4, -0.2) is 51.8 Å². The van der Waals surface area contributed by atoms with Gasteiger partial charge < -0.3 is 5.11 Å². The summed E-state index contributed by atoms with van der Waals surface area (Å²) in [4.78, 5) is 49.3. The van der Waals surface area contributed by atoms with E-state index in [1.807, 2.05) is 0 Å². The molecular weight excluding hydrogens is 330 g/mol. The van der Waals surface area contributed by atoms with Crippen LogP contribution in [0.15, 0.2) is 24.3 Å². The number of para-hydroxylation sites is 2. The number of nitro benzene ring substituents is 1. The Morgan fingerprint density at radius 1 is 1.20 bits per heavy atom. The first-order chi connectivity index (χ1) is 11.9. The number of amides is 2. The van der Waals surface area contributed by atoms with Crippen LogP contribution in [0, 0.1) is 16.0 Å². The van der Waals surface area contributed by atoms with Crippen molar-refractivity contribution >= 4 is 29.2 Å². The number of anilines is 1. The van der Waals surface area contributed by atoms with Crippen LogP contribution in [0.5, 0.6) is 0 Å². The highest BCUT2D eigenvalue weighted by atomic mass is 16.6. The maximum absolute atomic E-state index is 12.7. The SMILES string of the molecule is O=C(O)C1CCN(C2CC(=O)N(c3ccccc3[N+](=O)[O-])C2=O)CC1. The molecule has 1 unspecified atom stereocenters. The minimum atomic E-state index is -0.852. The van der Waals surface area contributed by atoms with Crippen molar-refractivity contribution < 1.29 is 24.4 Å². The predicted molar refractivity (Wildman–Crippen MR) is 85.9 cm³/mol. The number of carboxylic acid groups (broad SMARTS) is 1. The summed E-state index contributed by atoms with van der Waals surface area (Å²) >= 11 is 0. The zero-order valence-corrected chi connectivity index (χ0v) is 13.3. The second-order valence-electron chi connectivity index (χ2n) is 6.18. The molecule has 9 heteroatoms. The predicted octanol–water partition coefficient (Wildman–Crippen LogP) is 1.02. The van der Waals surface area contributed by atoms with Crippen molar-refractivity contribution in [3.63, 3.8) is 0 Å². The van der Waals surface area contributed by atoms with Gasteiger partial charge >= 0.3 is 5.97 Å². The number of carboxylic acids is 1. The van der Waals surface area contributed by atoms with Crippen LogP contribution in [0.3, 0.4) is 0 Å². The molecule has 1 N–H and O–H groups in total. The highest BCUT2D eigenvalue weighted by Crippen LogP contribution is 2.33. The molecule has 3 rings (SSSR count). The van der Waals surface area contributed by atoms with Crippen molar-refractivity contribution in [2.45, 2.75) is 25.3 Å². The zero-order chi connectivity index (χ0) is 18.1. The molecule has 0 saturated carbocycles. The summed E-state index contributed by atoms with van der Waals surface area (Å²) in [7, 11) is 0. The molecule has 132 valence electrons. The molecule has 2 amide bonds. The van der Waals surface area contributed by atoms with Gasteiger partial charge in [0, 0.05) is 6.07 Å². The highest BCUT2D eigenvalue weighted by Gasteiger charge is 2.45. The number of nitrogens with zero attached hydrogens (tertiary/aromatic N) is 3. The summed E-state index contributed by atoms with van der Waals surface area (Å²) in [6.45, 7) is 0.816. The Bertz CT molecular complexity index is 741. The summed E-state index contributed by atoms with van der Waals surface area (Å²) in [6.07, 6.45) is 0.778. The zero-order valence-electron chi connectivity index (χ0n) is 13.3. The molecule has 2 heterocycles. The summed E-state index contributed by atoms with van der Waals surface area (Å²) in [5.41, 5.74) is -0.320. The van der Waals surface area contributed by atoms with Crippen molar-refractivity contribution in [3.8, 4) is 0 Å². The number of imide groups is 1. The van der Waals surface area contributed by atoms with Crippen LogP contribution in [0.25, 0.3) is 0 Å². The van der Waals surface area contributed by atoms with E-state index in [2.05, 4.69) is 0 Å². The fourth-order valence-electron chi connectivity index (χ4n) is 3.42. The molecule has 2 fully saturated rings. The Labute approximate surface area is 143 Å². The maximum atomic E-state index is 12.7. The average molecular weight is 347 g/mol. The van der Waals surface area contributed by atoms with Gasteiger partial charge in [0.2, 0.25) is 5.91 Å². The van der Waals surface area contributed by atoms with Gasteiger partial charge in [-0.05, 0) is 32.0 Å². The van der Waals surface area contributed by atoms with Crippen LogP contribution >= 0.6 is 0 Å². The Morgan fingerprint density at radius 2 is 1.84 bits per heavy atom. The number of carbonyl (C=O) groups is 3. The molecule has 1 atom stereocenters. The lowest BCUT2D eigenvalue weighted by atomic mass is 9.96. The summed E-state index contributed by atoms with van der Waals surface area (Å²) in [5, 5.41) is 20.2. The van der Waals surface area contributed by atoms with Gasteiger partial charge in [-0.15, -0.1) is 0 Å². The summed E-state index contributed by atoms with van der Waals surface area (Å²) in [6, 6.07) is 4.95. The lowest BCUT2D eigenvalue weighted by Crippen LogP contribution is -2.46. The van der Waals surface area contributed by atoms with Crippen LogP contribution < -0.4 is 4.90 Å². The molecule has 2 saturated heterocycles. The lowest BCUT2D eigenvalue weighted by Gasteiger charge is -2.33. The Hall–Kier alpha value is -2.81. The monoisotopic (exact) mass is 347 g/mol. The standard InChI is InChI=1S/C16H17N3O6/c20-14-9-13(17-7-5-10(6-8-17)16(22)23)15(21)18(14)11-3-1-2-4-12(11)19(24)25/h1-4,10,13H,5-9H2,(H,22,23).